The maximum absolute atomic E-state index is 13.5. The zero-order valence-electron chi connectivity index (χ0n) is 16.1. The highest BCUT2D eigenvalue weighted by atomic mass is 19.1. The quantitative estimate of drug-likeness (QED) is 0.648. The van der Waals surface area contributed by atoms with Crippen LogP contribution in [0, 0.1) is 11.6 Å². The molecule has 1 fully saturated rings. The van der Waals surface area contributed by atoms with Gasteiger partial charge in [-0.1, -0.05) is 0 Å². The van der Waals surface area contributed by atoms with Crippen molar-refractivity contribution in [3.63, 3.8) is 0 Å². The first-order chi connectivity index (χ1) is 14.0. The van der Waals surface area contributed by atoms with Gasteiger partial charge in [-0.2, -0.15) is 0 Å². The van der Waals surface area contributed by atoms with Gasteiger partial charge in [-0.3, -0.25) is 9.69 Å². The Morgan fingerprint density at radius 3 is 2.38 bits per heavy atom. The summed E-state index contributed by atoms with van der Waals surface area (Å²) < 4.78 is 26.6. The van der Waals surface area contributed by atoms with Crippen LogP contribution in [0.1, 0.15) is 12.1 Å². The number of halogens is 2. The molecule has 1 aliphatic rings. The van der Waals surface area contributed by atoms with Crippen molar-refractivity contribution in [1.82, 2.24) is 9.88 Å². The van der Waals surface area contributed by atoms with E-state index in [0.717, 1.165) is 56.9 Å². The third-order valence-corrected chi connectivity index (χ3v) is 5.50. The molecule has 1 saturated heterocycles. The Kier molecular flexibility index (Phi) is 5.49. The molecule has 29 heavy (non-hydrogen) atoms. The Balaban J connectivity index is 1.32. The Morgan fingerprint density at radius 2 is 1.66 bits per heavy atom. The normalized spacial score (nSPS) is 15.2. The zero-order valence-corrected chi connectivity index (χ0v) is 16.1. The van der Waals surface area contributed by atoms with Gasteiger partial charge in [0.2, 0.25) is 0 Å². The third kappa shape index (κ3) is 4.40. The predicted molar refractivity (Wildman–Crippen MR) is 112 cm³/mol. The van der Waals surface area contributed by atoms with Crippen molar-refractivity contribution in [3.05, 3.63) is 70.1 Å². The number of piperazine rings is 1. The molecule has 0 atom stereocenters. The molecule has 4 rings (SSSR count). The fraction of sp³-hybridized carbons (Fsp3) is 0.318. The van der Waals surface area contributed by atoms with Gasteiger partial charge in [0.05, 0.1) is 5.39 Å². The van der Waals surface area contributed by atoms with E-state index >= 15 is 0 Å². The van der Waals surface area contributed by atoms with E-state index in [1.807, 2.05) is 18.2 Å². The van der Waals surface area contributed by atoms with E-state index in [1.165, 1.54) is 24.3 Å². The van der Waals surface area contributed by atoms with Crippen LogP contribution in [0.5, 0.6) is 0 Å². The second-order valence-corrected chi connectivity index (χ2v) is 7.49. The van der Waals surface area contributed by atoms with Crippen molar-refractivity contribution in [2.24, 2.45) is 0 Å². The van der Waals surface area contributed by atoms with Crippen LogP contribution >= 0.6 is 0 Å². The lowest BCUT2D eigenvalue weighted by molar-refractivity contribution is 0.255. The number of nitrogen functional groups attached to an aromatic ring is 1. The molecular formula is C22H24F2N4O. The van der Waals surface area contributed by atoms with Gasteiger partial charge in [0.25, 0.3) is 5.56 Å². The summed E-state index contributed by atoms with van der Waals surface area (Å²) in [4.78, 5) is 19.7. The minimum absolute atomic E-state index is 0.217. The van der Waals surface area contributed by atoms with Crippen LogP contribution in [-0.4, -0.2) is 42.6 Å². The van der Waals surface area contributed by atoms with E-state index in [0.29, 0.717) is 5.39 Å². The molecule has 2 heterocycles. The zero-order chi connectivity index (χ0) is 20.4. The Labute approximate surface area is 167 Å². The monoisotopic (exact) mass is 398 g/mol. The van der Waals surface area contributed by atoms with Crippen LogP contribution in [0.2, 0.25) is 0 Å². The average molecular weight is 398 g/mol. The largest absolute Gasteiger partial charge is 0.398 e. The molecule has 2 aromatic carbocycles. The minimum atomic E-state index is -0.506. The summed E-state index contributed by atoms with van der Waals surface area (Å²) in [6, 6.07) is 10.9. The van der Waals surface area contributed by atoms with Gasteiger partial charge < -0.3 is 15.6 Å². The maximum atomic E-state index is 13.5. The Bertz CT molecular complexity index is 1060. The summed E-state index contributed by atoms with van der Waals surface area (Å²) in [6.45, 7) is 4.62. The molecule has 3 aromatic rings. The van der Waals surface area contributed by atoms with Gasteiger partial charge in [-0.25, -0.2) is 8.78 Å². The second kappa shape index (κ2) is 8.21. The highest BCUT2D eigenvalue weighted by Crippen LogP contribution is 2.21. The van der Waals surface area contributed by atoms with Crippen LogP contribution in [0.4, 0.5) is 20.2 Å². The number of anilines is 2. The van der Waals surface area contributed by atoms with Crippen LogP contribution in [0.3, 0.4) is 0 Å². The highest BCUT2D eigenvalue weighted by Gasteiger charge is 2.17. The molecule has 0 spiro atoms. The van der Waals surface area contributed by atoms with Crippen molar-refractivity contribution >= 4 is 22.1 Å². The lowest BCUT2D eigenvalue weighted by Gasteiger charge is -2.36. The second-order valence-electron chi connectivity index (χ2n) is 7.49. The van der Waals surface area contributed by atoms with E-state index in [4.69, 9.17) is 5.73 Å². The lowest BCUT2D eigenvalue weighted by atomic mass is 10.1. The van der Waals surface area contributed by atoms with Gasteiger partial charge in [-0.05, 0) is 61.9 Å². The van der Waals surface area contributed by atoms with E-state index < -0.39 is 5.82 Å². The fourth-order valence-electron chi connectivity index (χ4n) is 3.92. The molecule has 0 radical (unpaired) electrons. The number of nitrogens with two attached hydrogens (primary N) is 1. The number of nitrogens with one attached hydrogen (secondary N) is 1. The fourth-order valence-corrected chi connectivity index (χ4v) is 3.92. The molecule has 0 unspecified atom stereocenters. The average Bonchev–Trinajstić information content (AvgIpc) is 2.70. The SMILES string of the molecule is Nc1cc(F)cc2c(=O)[nH]c(CCCN3CCN(c4ccc(F)cc4)CC3)cc12. The molecule has 7 heteroatoms. The number of hydrogen-bond donors (Lipinski definition) is 2. The van der Waals surface area contributed by atoms with Crippen LogP contribution in [-0.2, 0) is 6.42 Å². The van der Waals surface area contributed by atoms with E-state index in [-0.39, 0.29) is 22.5 Å². The number of fused-ring (bicyclic) bond motifs is 1. The first kappa shape index (κ1) is 19.4. The summed E-state index contributed by atoms with van der Waals surface area (Å²) >= 11 is 0. The first-order valence-electron chi connectivity index (χ1n) is 9.83. The number of nitrogens with zero attached hydrogens (tertiary/aromatic N) is 2. The topological polar surface area (TPSA) is 65.4 Å². The van der Waals surface area contributed by atoms with Gasteiger partial charge >= 0.3 is 0 Å². The van der Waals surface area contributed by atoms with Crippen molar-refractivity contribution < 1.29 is 8.78 Å². The van der Waals surface area contributed by atoms with E-state index in [9.17, 15) is 13.6 Å². The number of hydrogen-bond acceptors (Lipinski definition) is 4. The van der Waals surface area contributed by atoms with Crippen molar-refractivity contribution in [3.8, 4) is 0 Å². The number of aromatic amines is 1. The smallest absolute Gasteiger partial charge is 0.256 e. The molecule has 0 bridgehead atoms. The number of aryl methyl sites for hydroxylation is 1. The highest BCUT2D eigenvalue weighted by molar-refractivity contribution is 5.92. The van der Waals surface area contributed by atoms with Gasteiger partial charge in [0.1, 0.15) is 11.6 Å². The standard InChI is InChI=1S/C22H24F2N4O/c23-15-3-5-18(6-4-15)28-10-8-27(9-11-28)7-1-2-17-14-19-20(22(29)26-17)12-16(24)13-21(19)25/h3-6,12-14H,1-2,7-11,25H2,(H,26,29). The van der Waals surface area contributed by atoms with Crippen LogP contribution < -0.4 is 16.2 Å². The third-order valence-electron chi connectivity index (χ3n) is 5.50. The minimum Gasteiger partial charge on any atom is -0.398 e. The summed E-state index contributed by atoms with van der Waals surface area (Å²) in [5.74, 6) is -0.723. The summed E-state index contributed by atoms with van der Waals surface area (Å²) in [6.07, 6.45) is 1.62. The number of rotatable bonds is 5. The molecule has 5 nitrogen and oxygen atoms in total. The molecule has 152 valence electrons. The Hall–Kier alpha value is -2.93. The van der Waals surface area contributed by atoms with Gasteiger partial charge in [-0.15, -0.1) is 0 Å². The van der Waals surface area contributed by atoms with Crippen LogP contribution in [0.15, 0.2) is 47.3 Å². The molecule has 0 saturated carbocycles. The summed E-state index contributed by atoms with van der Waals surface area (Å²) in [5, 5.41) is 0.876. The van der Waals surface area contributed by atoms with Crippen LogP contribution in [0.25, 0.3) is 10.8 Å². The predicted octanol–water partition coefficient (Wildman–Crippen LogP) is 3.14. The van der Waals surface area contributed by atoms with E-state index in [2.05, 4.69) is 14.8 Å². The molecule has 1 aromatic heterocycles. The molecular weight excluding hydrogens is 374 g/mol. The van der Waals surface area contributed by atoms with Crippen molar-refractivity contribution in [2.75, 3.05) is 43.4 Å². The number of H-pyrrole nitrogens is 1. The summed E-state index contributed by atoms with van der Waals surface area (Å²) in [5.41, 5.74) is 7.72. The first-order valence-corrected chi connectivity index (χ1v) is 9.83. The maximum Gasteiger partial charge on any atom is 0.256 e. The van der Waals surface area contributed by atoms with Gasteiger partial charge in [0, 0.05) is 48.6 Å². The number of benzene rings is 2. The van der Waals surface area contributed by atoms with E-state index in [1.54, 1.807) is 0 Å². The number of aromatic nitrogens is 1. The van der Waals surface area contributed by atoms with Gasteiger partial charge in [0.15, 0.2) is 0 Å². The lowest BCUT2D eigenvalue weighted by Crippen LogP contribution is -2.46. The number of pyridine rings is 1. The molecule has 1 aliphatic heterocycles. The summed E-state index contributed by atoms with van der Waals surface area (Å²) in [7, 11) is 0. The molecule has 0 aliphatic carbocycles. The molecule has 3 N–H and O–H groups in total. The Morgan fingerprint density at radius 1 is 0.931 bits per heavy atom. The van der Waals surface area contributed by atoms with Crippen molar-refractivity contribution in [2.45, 2.75) is 12.8 Å². The van der Waals surface area contributed by atoms with Crippen molar-refractivity contribution in [1.29, 1.82) is 0 Å². The molecule has 0 amide bonds.